The lowest BCUT2D eigenvalue weighted by atomic mass is 10.2. The number of carbonyl (C=O) groups is 1. The third-order valence-corrected chi connectivity index (χ3v) is 4.12. The van der Waals surface area contributed by atoms with Crippen molar-refractivity contribution in [1.82, 2.24) is 10.6 Å². The predicted octanol–water partition coefficient (Wildman–Crippen LogP) is 4.11. The molecule has 0 aliphatic rings. The van der Waals surface area contributed by atoms with Gasteiger partial charge in [0.05, 0.1) is 7.11 Å². The number of carbonyl (C=O) groups excluding carboxylic acids is 1. The first-order valence-electron chi connectivity index (χ1n) is 7.44. The quantitative estimate of drug-likeness (QED) is 0.377. The number of nitrogens with one attached hydrogen (secondary N) is 3. The molecule has 0 radical (unpaired) electrons. The summed E-state index contributed by atoms with van der Waals surface area (Å²) in [5, 5.41) is 8.52. The van der Waals surface area contributed by atoms with E-state index in [1.54, 1.807) is 61.7 Å². The molecule has 0 spiro atoms. The molecule has 0 aliphatic heterocycles. The first kappa shape index (κ1) is 20.6. The minimum atomic E-state index is -1.83. The molecule has 2 aromatic carbocycles. The van der Waals surface area contributed by atoms with Crippen molar-refractivity contribution >= 4 is 63.7 Å². The number of halogens is 3. The molecular weight excluding hydrogens is 417 g/mol. The lowest BCUT2D eigenvalue weighted by Crippen LogP contribution is -2.56. The molecule has 0 fully saturated rings. The summed E-state index contributed by atoms with van der Waals surface area (Å²) in [6.07, 6.45) is -1.05. The Morgan fingerprint density at radius 1 is 1.08 bits per heavy atom. The molecule has 138 valence electrons. The van der Waals surface area contributed by atoms with Crippen molar-refractivity contribution in [2.45, 2.75) is 9.96 Å². The molecule has 1 unspecified atom stereocenters. The van der Waals surface area contributed by atoms with Gasteiger partial charge in [0.15, 0.2) is 5.11 Å². The largest absolute Gasteiger partial charge is 0.497 e. The van der Waals surface area contributed by atoms with Gasteiger partial charge in [-0.25, -0.2) is 0 Å². The maximum absolute atomic E-state index is 12.3. The fourth-order valence-corrected chi connectivity index (χ4v) is 2.57. The maximum atomic E-state index is 12.3. The van der Waals surface area contributed by atoms with Gasteiger partial charge in [-0.3, -0.25) is 4.79 Å². The average Bonchev–Trinajstić information content (AvgIpc) is 2.61. The Balaban J connectivity index is 2.05. The molecule has 0 bridgehead atoms. The second-order valence-corrected chi connectivity index (χ2v) is 7.92. The zero-order valence-corrected chi connectivity index (χ0v) is 16.7. The normalized spacial score (nSPS) is 12.0. The van der Waals surface area contributed by atoms with Crippen LogP contribution in [0.4, 0.5) is 5.69 Å². The van der Waals surface area contributed by atoms with Crippen molar-refractivity contribution in [3.8, 4) is 5.75 Å². The van der Waals surface area contributed by atoms with Crippen LogP contribution in [-0.4, -0.2) is 28.1 Å². The van der Waals surface area contributed by atoms with Crippen LogP contribution in [0.1, 0.15) is 10.4 Å². The average molecular weight is 433 g/mol. The van der Waals surface area contributed by atoms with Crippen LogP contribution in [0.25, 0.3) is 0 Å². The Kier molecular flexibility index (Phi) is 7.34. The van der Waals surface area contributed by atoms with Crippen LogP contribution >= 0.6 is 47.0 Å². The number of amides is 1. The van der Waals surface area contributed by atoms with E-state index in [2.05, 4.69) is 16.0 Å². The summed E-state index contributed by atoms with van der Waals surface area (Å²) >= 11 is 23.2. The van der Waals surface area contributed by atoms with E-state index in [0.717, 1.165) is 0 Å². The van der Waals surface area contributed by atoms with Crippen molar-refractivity contribution in [3.63, 3.8) is 0 Å². The molecule has 9 heteroatoms. The van der Waals surface area contributed by atoms with Crippen molar-refractivity contribution < 1.29 is 9.53 Å². The molecule has 1 atom stereocenters. The summed E-state index contributed by atoms with van der Waals surface area (Å²) in [6, 6.07) is 15.7. The number of ether oxygens (including phenoxy) is 1. The molecule has 0 saturated heterocycles. The molecule has 0 aromatic heterocycles. The second kappa shape index (κ2) is 9.28. The Morgan fingerprint density at radius 3 is 2.38 bits per heavy atom. The number of benzene rings is 2. The molecule has 26 heavy (non-hydrogen) atoms. The summed E-state index contributed by atoms with van der Waals surface area (Å²) in [5.74, 6) is 0.256. The van der Waals surface area contributed by atoms with E-state index in [1.165, 1.54) is 0 Å². The van der Waals surface area contributed by atoms with Gasteiger partial charge in [-0.15, -0.1) is 0 Å². The predicted molar refractivity (Wildman–Crippen MR) is 110 cm³/mol. The third-order valence-electron chi connectivity index (χ3n) is 3.24. The molecule has 0 saturated carbocycles. The lowest BCUT2D eigenvalue weighted by molar-refractivity contribution is 0.0934. The van der Waals surface area contributed by atoms with Gasteiger partial charge in [0.1, 0.15) is 11.9 Å². The third kappa shape index (κ3) is 6.21. The zero-order chi connectivity index (χ0) is 19.2. The lowest BCUT2D eigenvalue weighted by Gasteiger charge is -2.27. The van der Waals surface area contributed by atoms with Crippen molar-refractivity contribution in [2.75, 3.05) is 12.4 Å². The molecule has 2 aromatic rings. The summed E-state index contributed by atoms with van der Waals surface area (Å²) in [4.78, 5) is 12.3. The fraction of sp³-hybridized carbons (Fsp3) is 0.176. The molecule has 1 amide bonds. The highest BCUT2D eigenvalue weighted by Gasteiger charge is 2.34. The smallest absolute Gasteiger partial charge is 0.252 e. The molecule has 3 N–H and O–H groups in total. The Bertz CT molecular complexity index is 769. The highest BCUT2D eigenvalue weighted by atomic mass is 35.6. The van der Waals surface area contributed by atoms with Gasteiger partial charge in [-0.1, -0.05) is 59.1 Å². The Labute approximate surface area is 172 Å². The summed E-state index contributed by atoms with van der Waals surface area (Å²) in [7, 11) is 1.56. The van der Waals surface area contributed by atoms with E-state index in [4.69, 9.17) is 51.8 Å². The second-order valence-electron chi connectivity index (χ2n) is 5.14. The van der Waals surface area contributed by atoms with Gasteiger partial charge in [0, 0.05) is 17.3 Å². The van der Waals surface area contributed by atoms with E-state index in [9.17, 15) is 4.79 Å². The minimum Gasteiger partial charge on any atom is -0.497 e. The van der Waals surface area contributed by atoms with E-state index < -0.39 is 15.9 Å². The first-order valence-corrected chi connectivity index (χ1v) is 8.98. The summed E-state index contributed by atoms with van der Waals surface area (Å²) < 4.78 is 3.32. The summed E-state index contributed by atoms with van der Waals surface area (Å²) in [5.41, 5.74) is 1.11. The molecule has 5 nitrogen and oxygen atoms in total. The highest BCUT2D eigenvalue weighted by molar-refractivity contribution is 7.80. The fourth-order valence-electron chi connectivity index (χ4n) is 2.00. The summed E-state index contributed by atoms with van der Waals surface area (Å²) in [6.45, 7) is 0. The number of methoxy groups -OCH3 is 1. The Hall–Kier alpha value is -1.73. The van der Waals surface area contributed by atoms with E-state index in [0.29, 0.717) is 17.0 Å². The van der Waals surface area contributed by atoms with Crippen molar-refractivity contribution in [1.29, 1.82) is 0 Å². The number of anilines is 1. The van der Waals surface area contributed by atoms with Crippen LogP contribution < -0.4 is 20.7 Å². The number of hydrogen-bond acceptors (Lipinski definition) is 3. The van der Waals surface area contributed by atoms with Gasteiger partial charge in [-0.05, 0) is 36.5 Å². The Morgan fingerprint density at radius 2 is 1.77 bits per heavy atom. The van der Waals surface area contributed by atoms with Crippen molar-refractivity contribution in [2.24, 2.45) is 0 Å². The van der Waals surface area contributed by atoms with Crippen LogP contribution in [0, 0.1) is 0 Å². The van der Waals surface area contributed by atoms with Gasteiger partial charge in [0.2, 0.25) is 3.79 Å². The monoisotopic (exact) mass is 431 g/mol. The van der Waals surface area contributed by atoms with Gasteiger partial charge in [0.25, 0.3) is 5.91 Å². The number of alkyl halides is 3. The van der Waals surface area contributed by atoms with Gasteiger partial charge >= 0.3 is 0 Å². The zero-order valence-electron chi connectivity index (χ0n) is 13.6. The highest BCUT2D eigenvalue weighted by Crippen LogP contribution is 2.29. The van der Waals surface area contributed by atoms with Crippen molar-refractivity contribution in [3.05, 3.63) is 60.2 Å². The van der Waals surface area contributed by atoms with Gasteiger partial charge in [-0.2, -0.15) is 0 Å². The van der Waals surface area contributed by atoms with E-state index in [-0.39, 0.29) is 5.11 Å². The number of hydrogen-bond donors (Lipinski definition) is 3. The molecule has 0 aliphatic carbocycles. The number of thiocarbonyl (C=S) groups is 1. The van der Waals surface area contributed by atoms with Crippen LogP contribution in [0.5, 0.6) is 5.75 Å². The standard InChI is InChI=1S/C17H16Cl3N3O2S/c1-25-13-9-5-8-12(10-13)21-16(26)23-15(17(18,19)20)22-14(24)11-6-3-2-4-7-11/h2-10,15H,1H3,(H,22,24)(H2,21,23,26). The minimum absolute atomic E-state index is 0.169. The van der Waals surface area contributed by atoms with Crippen LogP contribution in [0.3, 0.4) is 0 Å². The van der Waals surface area contributed by atoms with Crippen LogP contribution in [0.2, 0.25) is 0 Å². The maximum Gasteiger partial charge on any atom is 0.252 e. The van der Waals surface area contributed by atoms with E-state index in [1.807, 2.05) is 0 Å². The van der Waals surface area contributed by atoms with Crippen LogP contribution in [0.15, 0.2) is 54.6 Å². The topological polar surface area (TPSA) is 62.4 Å². The van der Waals surface area contributed by atoms with Gasteiger partial charge < -0.3 is 20.7 Å². The molecule has 2 rings (SSSR count). The van der Waals surface area contributed by atoms with E-state index >= 15 is 0 Å². The number of rotatable bonds is 5. The first-order chi connectivity index (χ1) is 12.3. The van der Waals surface area contributed by atoms with Crippen LogP contribution in [-0.2, 0) is 0 Å². The molecular formula is C17H16Cl3N3O2S. The molecule has 0 heterocycles. The SMILES string of the molecule is COc1cccc(NC(=S)NC(NC(=O)c2ccccc2)C(Cl)(Cl)Cl)c1.